The number of anilines is 3. The summed E-state index contributed by atoms with van der Waals surface area (Å²) in [6.45, 7) is 6.33. The average Bonchev–Trinajstić information content (AvgIpc) is 2.85. The molecule has 1 aliphatic rings. The second-order valence-electron chi connectivity index (χ2n) is 8.82. The average molecular weight is 440 g/mol. The fourth-order valence-corrected chi connectivity index (χ4v) is 4.50. The summed E-state index contributed by atoms with van der Waals surface area (Å²) in [4.78, 5) is 24.5. The number of hydrogen-bond acceptors (Lipinski definition) is 5. The van der Waals surface area contributed by atoms with E-state index in [2.05, 4.69) is 70.7 Å². The van der Waals surface area contributed by atoms with Crippen LogP contribution in [0.1, 0.15) is 43.4 Å². The maximum absolute atomic E-state index is 12.8. The largest absolute Gasteiger partial charge is 0.372 e. The lowest BCUT2D eigenvalue weighted by Gasteiger charge is -2.28. The van der Waals surface area contributed by atoms with Gasteiger partial charge in [-0.3, -0.25) is 9.36 Å². The van der Waals surface area contributed by atoms with Crippen molar-refractivity contribution >= 4 is 28.4 Å². The number of nitrogens with zero attached hydrogens (tertiary/aromatic N) is 4. The molecule has 4 aromatic rings. The van der Waals surface area contributed by atoms with E-state index in [0.717, 1.165) is 29.7 Å². The van der Waals surface area contributed by atoms with Gasteiger partial charge in [0.2, 0.25) is 5.95 Å². The first-order chi connectivity index (χ1) is 16.1. The van der Waals surface area contributed by atoms with Crippen LogP contribution in [0.2, 0.25) is 0 Å². The van der Waals surface area contributed by atoms with Gasteiger partial charge in [-0.1, -0.05) is 29.8 Å². The van der Waals surface area contributed by atoms with Crippen LogP contribution < -0.4 is 15.8 Å². The predicted molar refractivity (Wildman–Crippen MR) is 135 cm³/mol. The third-order valence-electron chi connectivity index (χ3n) is 6.46. The Morgan fingerprint density at radius 1 is 0.909 bits per heavy atom. The fraction of sp³-hybridized carbons (Fsp3) is 0.296. The molecule has 1 atom stereocenters. The highest BCUT2D eigenvalue weighted by atomic mass is 16.1. The standard InChI is InChI=1S/C27H29N5O/c1-19-6-8-21(9-7-19)20(2)32-25(33)15-10-22-18-28-27(30-26(22)32)29-23-11-13-24(14-12-23)31-16-4-3-5-17-31/h6-15,18,20H,3-5,16-17H2,1-2H3,(H,28,29,30). The van der Waals surface area contributed by atoms with Crippen molar-refractivity contribution in [1.29, 1.82) is 0 Å². The van der Waals surface area contributed by atoms with Gasteiger partial charge in [-0.05, 0) is 69.0 Å². The van der Waals surface area contributed by atoms with Crippen LogP contribution in [-0.2, 0) is 0 Å². The summed E-state index contributed by atoms with van der Waals surface area (Å²) in [7, 11) is 0. The van der Waals surface area contributed by atoms with Crippen molar-refractivity contribution in [3.05, 3.63) is 88.3 Å². The monoisotopic (exact) mass is 439 g/mol. The molecule has 0 radical (unpaired) electrons. The normalized spacial score (nSPS) is 14.9. The van der Waals surface area contributed by atoms with Crippen LogP contribution in [0.4, 0.5) is 17.3 Å². The predicted octanol–water partition coefficient (Wildman–Crippen LogP) is 5.44. The van der Waals surface area contributed by atoms with E-state index in [9.17, 15) is 4.79 Å². The molecule has 0 spiro atoms. The molecule has 1 saturated heterocycles. The molecule has 33 heavy (non-hydrogen) atoms. The molecule has 1 N–H and O–H groups in total. The van der Waals surface area contributed by atoms with E-state index >= 15 is 0 Å². The van der Waals surface area contributed by atoms with Gasteiger partial charge in [0.25, 0.3) is 5.56 Å². The highest BCUT2D eigenvalue weighted by Gasteiger charge is 2.15. The molecule has 168 valence electrons. The van der Waals surface area contributed by atoms with Crippen LogP contribution in [0, 0.1) is 6.92 Å². The first kappa shape index (κ1) is 21.2. The Morgan fingerprint density at radius 3 is 2.36 bits per heavy atom. The molecule has 6 nitrogen and oxygen atoms in total. The van der Waals surface area contributed by atoms with E-state index in [1.165, 1.54) is 30.5 Å². The summed E-state index contributed by atoms with van der Waals surface area (Å²) >= 11 is 0. The molecule has 0 aliphatic carbocycles. The number of aryl methyl sites for hydroxylation is 1. The van der Waals surface area contributed by atoms with E-state index in [-0.39, 0.29) is 11.6 Å². The van der Waals surface area contributed by atoms with E-state index < -0.39 is 0 Å². The first-order valence-corrected chi connectivity index (χ1v) is 11.7. The number of aromatic nitrogens is 3. The van der Waals surface area contributed by atoms with Gasteiger partial charge in [-0.25, -0.2) is 4.98 Å². The maximum atomic E-state index is 12.8. The van der Waals surface area contributed by atoms with E-state index in [0.29, 0.717) is 11.6 Å². The van der Waals surface area contributed by atoms with Gasteiger partial charge in [-0.2, -0.15) is 4.98 Å². The van der Waals surface area contributed by atoms with Crippen LogP contribution in [0.5, 0.6) is 0 Å². The van der Waals surface area contributed by atoms with Gasteiger partial charge in [0.1, 0.15) is 5.65 Å². The number of piperidine rings is 1. The van der Waals surface area contributed by atoms with Crippen molar-refractivity contribution < 1.29 is 0 Å². The number of hydrogen-bond donors (Lipinski definition) is 1. The van der Waals surface area contributed by atoms with Gasteiger partial charge in [0.15, 0.2) is 0 Å². The minimum atomic E-state index is -0.145. The van der Waals surface area contributed by atoms with Crippen LogP contribution in [0.3, 0.4) is 0 Å². The molecule has 2 aromatic heterocycles. The zero-order valence-electron chi connectivity index (χ0n) is 19.2. The second-order valence-corrected chi connectivity index (χ2v) is 8.82. The highest BCUT2D eigenvalue weighted by molar-refractivity contribution is 5.76. The topological polar surface area (TPSA) is 63.1 Å². The Bertz CT molecular complexity index is 1310. The molecule has 5 rings (SSSR count). The summed E-state index contributed by atoms with van der Waals surface area (Å²) in [5, 5.41) is 4.14. The number of pyridine rings is 1. The Hall–Kier alpha value is -3.67. The van der Waals surface area contributed by atoms with E-state index in [1.54, 1.807) is 22.9 Å². The summed E-state index contributed by atoms with van der Waals surface area (Å²) in [6, 6.07) is 19.9. The molecular weight excluding hydrogens is 410 g/mol. The van der Waals surface area contributed by atoms with Gasteiger partial charge < -0.3 is 10.2 Å². The summed E-state index contributed by atoms with van der Waals surface area (Å²) in [5.74, 6) is 0.476. The highest BCUT2D eigenvalue weighted by Crippen LogP contribution is 2.25. The zero-order valence-corrected chi connectivity index (χ0v) is 19.2. The van der Waals surface area contributed by atoms with Gasteiger partial charge >= 0.3 is 0 Å². The maximum Gasteiger partial charge on any atom is 0.252 e. The van der Waals surface area contributed by atoms with Gasteiger partial charge in [-0.15, -0.1) is 0 Å². The third kappa shape index (κ3) is 4.46. The number of nitrogens with one attached hydrogen (secondary N) is 1. The minimum absolute atomic E-state index is 0.0777. The van der Waals surface area contributed by atoms with Crippen molar-refractivity contribution in [3.63, 3.8) is 0 Å². The van der Waals surface area contributed by atoms with Crippen molar-refractivity contribution in [2.45, 2.75) is 39.2 Å². The van der Waals surface area contributed by atoms with Crippen LogP contribution in [0.15, 0.2) is 71.7 Å². The lowest BCUT2D eigenvalue weighted by atomic mass is 10.1. The first-order valence-electron chi connectivity index (χ1n) is 11.7. The van der Waals surface area contributed by atoms with E-state index in [1.807, 2.05) is 6.92 Å². The molecule has 0 saturated carbocycles. The lowest BCUT2D eigenvalue weighted by molar-refractivity contribution is 0.578. The molecule has 3 heterocycles. The quantitative estimate of drug-likeness (QED) is 0.448. The SMILES string of the molecule is Cc1ccc(C(C)n2c(=O)ccc3cnc(Nc4ccc(N5CCCCC5)cc4)nc32)cc1. The van der Waals surface area contributed by atoms with Crippen LogP contribution in [0.25, 0.3) is 11.0 Å². The Labute approximate surface area is 193 Å². The smallest absolute Gasteiger partial charge is 0.252 e. The summed E-state index contributed by atoms with van der Waals surface area (Å²) in [5.41, 5.74) is 4.98. The van der Waals surface area contributed by atoms with Gasteiger partial charge in [0, 0.05) is 42.1 Å². The van der Waals surface area contributed by atoms with Gasteiger partial charge in [0.05, 0.1) is 6.04 Å². The molecule has 0 bridgehead atoms. The van der Waals surface area contributed by atoms with Crippen molar-refractivity contribution in [2.75, 3.05) is 23.3 Å². The molecule has 2 aromatic carbocycles. The Kier molecular flexibility index (Phi) is 5.82. The minimum Gasteiger partial charge on any atom is -0.372 e. The molecular formula is C27H29N5O. The fourth-order valence-electron chi connectivity index (χ4n) is 4.50. The van der Waals surface area contributed by atoms with Crippen molar-refractivity contribution in [3.8, 4) is 0 Å². The zero-order chi connectivity index (χ0) is 22.8. The lowest BCUT2D eigenvalue weighted by Crippen LogP contribution is -2.29. The summed E-state index contributed by atoms with van der Waals surface area (Å²) < 4.78 is 1.74. The number of fused-ring (bicyclic) bond motifs is 1. The molecule has 1 fully saturated rings. The van der Waals surface area contributed by atoms with Crippen LogP contribution in [-0.4, -0.2) is 27.6 Å². The number of benzene rings is 2. The Morgan fingerprint density at radius 2 is 1.64 bits per heavy atom. The molecule has 1 aliphatic heterocycles. The van der Waals surface area contributed by atoms with Crippen LogP contribution >= 0.6 is 0 Å². The third-order valence-corrected chi connectivity index (χ3v) is 6.46. The molecule has 0 amide bonds. The summed E-state index contributed by atoms with van der Waals surface area (Å²) in [6.07, 6.45) is 5.61. The Balaban J connectivity index is 1.44. The molecule has 6 heteroatoms. The van der Waals surface area contributed by atoms with Crippen molar-refractivity contribution in [2.24, 2.45) is 0 Å². The van der Waals surface area contributed by atoms with Crippen molar-refractivity contribution in [1.82, 2.24) is 14.5 Å². The number of rotatable bonds is 5. The van der Waals surface area contributed by atoms with E-state index in [4.69, 9.17) is 4.98 Å². The second kappa shape index (κ2) is 9.06. The molecule has 1 unspecified atom stereocenters.